The van der Waals surface area contributed by atoms with Gasteiger partial charge in [0.1, 0.15) is 0 Å². The second-order valence-corrected chi connectivity index (χ2v) is 7.57. The number of rotatable bonds is 8. The summed E-state index contributed by atoms with van der Waals surface area (Å²) in [5, 5.41) is 7.14. The van der Waals surface area contributed by atoms with E-state index in [9.17, 15) is 13.6 Å². The van der Waals surface area contributed by atoms with E-state index in [-0.39, 0.29) is 29.5 Å². The zero-order chi connectivity index (χ0) is 24.4. The topological polar surface area (TPSA) is 83.2 Å². The standard InChI is InChI=1S/C24H23F2N5O3/c1-5-22(32)28-18-13-30(2)29-17(18)10-14-6-7-19-16(27-14)8-9-31(19)12-15-23(25)20(33-3)11-21(34-4)24(15)26/h5-9,11,13H,1,10,12H2,2-4H3,(H,28,32). The number of nitrogens with one attached hydrogen (secondary N) is 1. The summed E-state index contributed by atoms with van der Waals surface area (Å²) in [5.74, 6) is -2.09. The quantitative estimate of drug-likeness (QED) is 0.398. The molecule has 176 valence electrons. The van der Waals surface area contributed by atoms with Crippen molar-refractivity contribution in [2.24, 2.45) is 7.05 Å². The number of carbonyl (C=O) groups is 1. The number of benzene rings is 1. The molecule has 4 aromatic rings. The number of hydrogen-bond acceptors (Lipinski definition) is 5. The van der Waals surface area contributed by atoms with Crippen LogP contribution in [0.1, 0.15) is 17.0 Å². The summed E-state index contributed by atoms with van der Waals surface area (Å²) in [5.41, 5.74) is 3.13. The number of aromatic nitrogens is 4. The van der Waals surface area contributed by atoms with Gasteiger partial charge in [-0.05, 0) is 24.3 Å². The lowest BCUT2D eigenvalue weighted by Crippen LogP contribution is -2.09. The van der Waals surface area contributed by atoms with Crippen LogP contribution >= 0.6 is 0 Å². The predicted octanol–water partition coefficient (Wildman–Crippen LogP) is 3.83. The second-order valence-electron chi connectivity index (χ2n) is 7.57. The minimum Gasteiger partial charge on any atom is -0.494 e. The van der Waals surface area contributed by atoms with E-state index in [4.69, 9.17) is 9.47 Å². The van der Waals surface area contributed by atoms with Gasteiger partial charge in [-0.25, -0.2) is 8.78 Å². The Morgan fingerprint density at radius 2 is 1.88 bits per heavy atom. The summed E-state index contributed by atoms with van der Waals surface area (Å²) < 4.78 is 43.0. The van der Waals surface area contributed by atoms with Crippen molar-refractivity contribution in [2.45, 2.75) is 13.0 Å². The Bertz CT molecular complexity index is 1370. The summed E-state index contributed by atoms with van der Waals surface area (Å²) in [6.07, 6.45) is 4.98. The van der Waals surface area contributed by atoms with Crippen molar-refractivity contribution in [3.8, 4) is 11.5 Å². The summed E-state index contributed by atoms with van der Waals surface area (Å²) >= 11 is 0. The van der Waals surface area contributed by atoms with Gasteiger partial charge in [-0.2, -0.15) is 5.10 Å². The van der Waals surface area contributed by atoms with Crippen LogP contribution in [0.4, 0.5) is 14.5 Å². The van der Waals surface area contributed by atoms with Gasteiger partial charge in [0.2, 0.25) is 5.91 Å². The van der Waals surface area contributed by atoms with Crippen LogP contribution in [0, 0.1) is 11.6 Å². The number of amides is 1. The van der Waals surface area contributed by atoms with Crippen molar-refractivity contribution in [1.29, 1.82) is 0 Å². The highest BCUT2D eigenvalue weighted by Gasteiger charge is 2.21. The number of ether oxygens (including phenoxy) is 2. The first kappa shape index (κ1) is 23.0. The molecule has 34 heavy (non-hydrogen) atoms. The summed E-state index contributed by atoms with van der Waals surface area (Å²) in [7, 11) is 4.38. The summed E-state index contributed by atoms with van der Waals surface area (Å²) in [6.45, 7) is 3.38. The van der Waals surface area contributed by atoms with Crippen molar-refractivity contribution in [1.82, 2.24) is 19.3 Å². The van der Waals surface area contributed by atoms with Crippen molar-refractivity contribution >= 4 is 22.6 Å². The Balaban J connectivity index is 1.64. The van der Waals surface area contributed by atoms with Gasteiger partial charge in [-0.1, -0.05) is 6.58 Å². The Morgan fingerprint density at radius 1 is 1.18 bits per heavy atom. The zero-order valence-electron chi connectivity index (χ0n) is 18.9. The molecule has 0 aliphatic carbocycles. The van der Waals surface area contributed by atoms with E-state index in [0.717, 1.165) is 5.69 Å². The van der Waals surface area contributed by atoms with Gasteiger partial charge in [0.05, 0.1) is 48.7 Å². The van der Waals surface area contributed by atoms with E-state index in [2.05, 4.69) is 22.0 Å². The van der Waals surface area contributed by atoms with Crippen LogP contribution in [0.3, 0.4) is 0 Å². The van der Waals surface area contributed by atoms with Crippen molar-refractivity contribution in [2.75, 3.05) is 19.5 Å². The average molecular weight is 467 g/mol. The minimum absolute atomic E-state index is 0.0757. The van der Waals surface area contributed by atoms with Crippen LogP contribution in [0.25, 0.3) is 11.0 Å². The van der Waals surface area contributed by atoms with Crippen LogP contribution in [0.15, 0.2) is 49.3 Å². The van der Waals surface area contributed by atoms with Crippen LogP contribution in [-0.2, 0) is 24.8 Å². The highest BCUT2D eigenvalue weighted by molar-refractivity contribution is 5.99. The third-order valence-corrected chi connectivity index (χ3v) is 5.37. The molecule has 0 saturated heterocycles. The van der Waals surface area contributed by atoms with Gasteiger partial charge in [-0.3, -0.25) is 14.5 Å². The predicted molar refractivity (Wildman–Crippen MR) is 123 cm³/mol. The highest BCUT2D eigenvalue weighted by atomic mass is 19.1. The molecule has 0 radical (unpaired) electrons. The van der Waals surface area contributed by atoms with E-state index in [0.29, 0.717) is 28.8 Å². The van der Waals surface area contributed by atoms with Gasteiger partial charge in [0, 0.05) is 37.6 Å². The van der Waals surface area contributed by atoms with E-state index in [1.807, 2.05) is 12.1 Å². The number of methoxy groups -OCH3 is 2. The lowest BCUT2D eigenvalue weighted by Gasteiger charge is -2.14. The first-order chi connectivity index (χ1) is 16.3. The molecule has 4 rings (SSSR count). The molecule has 1 amide bonds. The van der Waals surface area contributed by atoms with Crippen molar-refractivity contribution in [3.05, 3.63) is 77.9 Å². The van der Waals surface area contributed by atoms with Gasteiger partial charge in [0.25, 0.3) is 0 Å². The molecule has 10 heteroatoms. The Morgan fingerprint density at radius 3 is 2.53 bits per heavy atom. The molecular formula is C24H23F2N5O3. The monoisotopic (exact) mass is 467 g/mol. The average Bonchev–Trinajstić information content (AvgIpc) is 3.38. The number of pyridine rings is 1. The normalized spacial score (nSPS) is 11.0. The molecule has 3 heterocycles. The molecule has 0 saturated carbocycles. The molecule has 1 aromatic carbocycles. The number of aryl methyl sites for hydroxylation is 1. The first-order valence-electron chi connectivity index (χ1n) is 10.3. The minimum atomic E-state index is -0.781. The van der Waals surface area contributed by atoms with Crippen LogP contribution < -0.4 is 14.8 Å². The fourth-order valence-electron chi connectivity index (χ4n) is 3.72. The van der Waals surface area contributed by atoms with Gasteiger partial charge < -0.3 is 19.4 Å². The van der Waals surface area contributed by atoms with E-state index < -0.39 is 11.6 Å². The maximum Gasteiger partial charge on any atom is 0.247 e. The molecule has 0 unspecified atom stereocenters. The van der Waals surface area contributed by atoms with E-state index in [1.165, 1.54) is 26.4 Å². The third-order valence-electron chi connectivity index (χ3n) is 5.37. The highest BCUT2D eigenvalue weighted by Crippen LogP contribution is 2.32. The molecule has 0 aliphatic rings. The second kappa shape index (κ2) is 9.34. The molecule has 0 aliphatic heterocycles. The van der Waals surface area contributed by atoms with Crippen molar-refractivity contribution in [3.63, 3.8) is 0 Å². The van der Waals surface area contributed by atoms with Crippen molar-refractivity contribution < 1.29 is 23.0 Å². The van der Waals surface area contributed by atoms with Crippen LogP contribution in [0.2, 0.25) is 0 Å². The molecular weight excluding hydrogens is 444 g/mol. The first-order valence-corrected chi connectivity index (χ1v) is 10.3. The Labute approximate surface area is 194 Å². The van der Waals surface area contributed by atoms with Gasteiger partial charge >= 0.3 is 0 Å². The fourth-order valence-corrected chi connectivity index (χ4v) is 3.72. The Kier molecular flexibility index (Phi) is 6.31. The number of halogens is 2. The number of hydrogen-bond donors (Lipinski definition) is 1. The summed E-state index contributed by atoms with van der Waals surface area (Å²) in [6, 6.07) is 6.59. The van der Waals surface area contributed by atoms with Crippen LogP contribution in [-0.4, -0.2) is 39.5 Å². The molecule has 0 fully saturated rings. The lowest BCUT2D eigenvalue weighted by atomic mass is 10.1. The van der Waals surface area contributed by atoms with Gasteiger partial charge in [-0.15, -0.1) is 0 Å². The SMILES string of the molecule is C=CC(=O)Nc1cn(C)nc1Cc1ccc2c(ccn2Cc2c(F)c(OC)cc(OC)c2F)n1. The van der Waals surface area contributed by atoms with E-state index >= 15 is 0 Å². The van der Waals surface area contributed by atoms with E-state index in [1.54, 1.807) is 34.8 Å². The number of anilines is 1. The molecule has 8 nitrogen and oxygen atoms in total. The maximum atomic E-state index is 14.8. The smallest absolute Gasteiger partial charge is 0.247 e. The van der Waals surface area contributed by atoms with Gasteiger partial charge in [0.15, 0.2) is 23.1 Å². The third kappa shape index (κ3) is 4.34. The number of carbonyl (C=O) groups excluding carboxylic acids is 1. The summed E-state index contributed by atoms with van der Waals surface area (Å²) in [4.78, 5) is 16.4. The molecule has 3 aromatic heterocycles. The maximum absolute atomic E-state index is 14.8. The molecule has 0 spiro atoms. The molecule has 1 N–H and O–H groups in total. The van der Waals surface area contributed by atoms with Crippen LogP contribution in [0.5, 0.6) is 11.5 Å². The largest absolute Gasteiger partial charge is 0.494 e. The zero-order valence-corrected chi connectivity index (χ0v) is 18.9. The number of nitrogens with zero attached hydrogens (tertiary/aromatic N) is 4. The number of fused-ring (bicyclic) bond motifs is 1. The molecule has 0 bridgehead atoms. The lowest BCUT2D eigenvalue weighted by molar-refractivity contribution is -0.111. The molecule has 0 atom stereocenters. The Hall–Kier alpha value is -4.21. The fraction of sp³-hybridized carbons (Fsp3) is 0.208.